The molecule has 0 spiro atoms. The first-order valence-corrected chi connectivity index (χ1v) is 5.45. The van der Waals surface area contributed by atoms with Crippen LogP contribution in [0.25, 0.3) is 0 Å². The third kappa shape index (κ3) is 11.7. The molecule has 1 heteroatoms. The number of unbranched alkanes of at least 4 members (excludes halogenated alkanes) is 6. The standard InChI is InChI=1S/C12H22F/c1-3-4-5-6-7-8-9-10-11-12(2)13/h1,3,12H,4-11H2,2H3. The summed E-state index contributed by atoms with van der Waals surface area (Å²) >= 11 is 0. The van der Waals surface area contributed by atoms with Crippen LogP contribution in [0.3, 0.4) is 0 Å². The molecule has 0 amide bonds. The second-order valence-corrected chi connectivity index (χ2v) is 3.72. The predicted molar refractivity (Wildman–Crippen MR) is 56.4 cm³/mol. The number of halogens is 1. The Morgan fingerprint density at radius 2 is 1.62 bits per heavy atom. The smallest absolute Gasteiger partial charge is 0.0973 e. The molecule has 0 saturated heterocycles. The zero-order valence-corrected chi connectivity index (χ0v) is 8.77. The fourth-order valence-electron chi connectivity index (χ4n) is 1.39. The highest BCUT2D eigenvalue weighted by Crippen LogP contribution is 2.10. The summed E-state index contributed by atoms with van der Waals surface area (Å²) < 4.78 is 12.4. The summed E-state index contributed by atoms with van der Waals surface area (Å²) in [6.45, 7) is 6.89. The van der Waals surface area contributed by atoms with Crippen molar-refractivity contribution in [1.29, 1.82) is 0 Å². The molecule has 0 nitrogen and oxygen atoms in total. The molecule has 1 unspecified atom stereocenters. The Bertz CT molecular complexity index is 108. The van der Waals surface area contributed by atoms with E-state index < -0.39 is 6.17 Å². The van der Waals surface area contributed by atoms with Gasteiger partial charge in [0.1, 0.15) is 0 Å². The number of hydrogen-bond donors (Lipinski definition) is 0. The molecule has 0 fully saturated rings. The highest BCUT2D eigenvalue weighted by molar-refractivity contribution is 4.61. The van der Waals surface area contributed by atoms with Crippen LogP contribution in [0.2, 0.25) is 0 Å². The lowest BCUT2D eigenvalue weighted by molar-refractivity contribution is 0.329. The summed E-state index contributed by atoms with van der Waals surface area (Å²) in [6.07, 6.45) is 10.1. The zero-order chi connectivity index (χ0) is 9.94. The minimum Gasteiger partial charge on any atom is -0.248 e. The van der Waals surface area contributed by atoms with Crippen molar-refractivity contribution in [2.45, 2.75) is 64.5 Å². The van der Waals surface area contributed by atoms with Crippen LogP contribution in [0.15, 0.2) is 6.08 Å². The minimum atomic E-state index is -0.619. The van der Waals surface area contributed by atoms with Gasteiger partial charge in [0.15, 0.2) is 0 Å². The lowest BCUT2D eigenvalue weighted by atomic mass is 10.1. The number of rotatable bonds is 9. The van der Waals surface area contributed by atoms with Crippen LogP contribution in [0, 0.1) is 6.58 Å². The Morgan fingerprint density at radius 3 is 2.15 bits per heavy atom. The van der Waals surface area contributed by atoms with Gasteiger partial charge in [-0.25, -0.2) is 4.39 Å². The van der Waals surface area contributed by atoms with Crippen molar-refractivity contribution in [2.75, 3.05) is 0 Å². The zero-order valence-electron chi connectivity index (χ0n) is 8.77. The van der Waals surface area contributed by atoms with E-state index in [-0.39, 0.29) is 0 Å². The highest BCUT2D eigenvalue weighted by atomic mass is 19.1. The average Bonchev–Trinajstić information content (AvgIpc) is 2.09. The van der Waals surface area contributed by atoms with E-state index in [2.05, 4.69) is 0 Å². The van der Waals surface area contributed by atoms with Crippen LogP contribution in [-0.4, -0.2) is 6.17 Å². The Morgan fingerprint density at radius 1 is 1.08 bits per heavy atom. The minimum absolute atomic E-state index is 0.619. The molecule has 77 valence electrons. The van der Waals surface area contributed by atoms with E-state index in [9.17, 15) is 4.39 Å². The van der Waals surface area contributed by atoms with Gasteiger partial charge < -0.3 is 0 Å². The van der Waals surface area contributed by atoms with E-state index in [1.54, 1.807) is 13.0 Å². The fraction of sp³-hybridized carbons (Fsp3) is 0.833. The van der Waals surface area contributed by atoms with Gasteiger partial charge >= 0.3 is 0 Å². The van der Waals surface area contributed by atoms with Gasteiger partial charge in [0.2, 0.25) is 0 Å². The fourth-order valence-corrected chi connectivity index (χ4v) is 1.39. The van der Waals surface area contributed by atoms with Crippen molar-refractivity contribution < 1.29 is 4.39 Å². The lowest BCUT2D eigenvalue weighted by Gasteiger charge is -2.01. The molecule has 0 N–H and O–H groups in total. The van der Waals surface area contributed by atoms with E-state index in [0.717, 1.165) is 19.3 Å². The molecule has 0 aliphatic rings. The topological polar surface area (TPSA) is 0 Å². The summed E-state index contributed by atoms with van der Waals surface area (Å²) in [5.41, 5.74) is 0. The number of hydrogen-bond acceptors (Lipinski definition) is 0. The van der Waals surface area contributed by atoms with Gasteiger partial charge in [-0.3, -0.25) is 0 Å². The average molecular weight is 185 g/mol. The highest BCUT2D eigenvalue weighted by Gasteiger charge is 1.96. The number of alkyl halides is 1. The van der Waals surface area contributed by atoms with Crippen LogP contribution in [0.4, 0.5) is 4.39 Å². The number of allylic oxidation sites excluding steroid dienone is 1. The second kappa shape index (κ2) is 9.76. The lowest BCUT2D eigenvalue weighted by Crippen LogP contribution is -1.91. The molecule has 0 rings (SSSR count). The quantitative estimate of drug-likeness (QED) is 0.465. The first kappa shape index (κ1) is 12.7. The Balaban J connectivity index is 2.87. The Kier molecular flexibility index (Phi) is 9.51. The van der Waals surface area contributed by atoms with Crippen LogP contribution >= 0.6 is 0 Å². The summed E-state index contributed by atoms with van der Waals surface area (Å²) in [6, 6.07) is 0. The summed E-state index contributed by atoms with van der Waals surface area (Å²) in [7, 11) is 0. The summed E-state index contributed by atoms with van der Waals surface area (Å²) in [4.78, 5) is 0. The van der Waals surface area contributed by atoms with E-state index in [1.165, 1.54) is 32.1 Å². The third-order valence-electron chi connectivity index (χ3n) is 2.22. The van der Waals surface area contributed by atoms with Crippen molar-refractivity contribution in [3.63, 3.8) is 0 Å². The normalized spacial score (nSPS) is 12.8. The molecule has 0 bridgehead atoms. The van der Waals surface area contributed by atoms with E-state index in [4.69, 9.17) is 6.58 Å². The molecular weight excluding hydrogens is 163 g/mol. The monoisotopic (exact) mass is 185 g/mol. The molecule has 1 atom stereocenters. The van der Waals surface area contributed by atoms with Crippen molar-refractivity contribution in [1.82, 2.24) is 0 Å². The van der Waals surface area contributed by atoms with Crippen LogP contribution in [0.5, 0.6) is 0 Å². The van der Waals surface area contributed by atoms with Crippen LogP contribution < -0.4 is 0 Å². The molecule has 0 aromatic heterocycles. The first-order chi connectivity index (χ1) is 6.27. The van der Waals surface area contributed by atoms with Crippen molar-refractivity contribution in [3.05, 3.63) is 12.7 Å². The van der Waals surface area contributed by atoms with E-state index in [0.29, 0.717) is 0 Å². The molecule has 0 aliphatic carbocycles. The van der Waals surface area contributed by atoms with Gasteiger partial charge in [-0.2, -0.15) is 0 Å². The molecule has 0 aromatic rings. The maximum Gasteiger partial charge on any atom is 0.0973 e. The molecule has 0 saturated carbocycles. The van der Waals surface area contributed by atoms with Gasteiger partial charge in [-0.05, 0) is 26.2 Å². The van der Waals surface area contributed by atoms with Gasteiger partial charge in [-0.15, -0.1) is 0 Å². The molecule has 0 aliphatic heterocycles. The third-order valence-corrected chi connectivity index (χ3v) is 2.22. The largest absolute Gasteiger partial charge is 0.248 e. The molecular formula is C12H22F. The summed E-state index contributed by atoms with van der Waals surface area (Å²) in [5.74, 6) is 0. The molecule has 0 heterocycles. The van der Waals surface area contributed by atoms with Gasteiger partial charge in [0, 0.05) is 0 Å². The second-order valence-electron chi connectivity index (χ2n) is 3.72. The van der Waals surface area contributed by atoms with E-state index in [1.807, 2.05) is 0 Å². The first-order valence-electron chi connectivity index (χ1n) is 5.45. The summed E-state index contributed by atoms with van der Waals surface area (Å²) in [5, 5.41) is 0. The van der Waals surface area contributed by atoms with Crippen molar-refractivity contribution in [3.8, 4) is 0 Å². The van der Waals surface area contributed by atoms with Crippen molar-refractivity contribution >= 4 is 0 Å². The van der Waals surface area contributed by atoms with E-state index >= 15 is 0 Å². The van der Waals surface area contributed by atoms with Gasteiger partial charge in [0.25, 0.3) is 0 Å². The molecule has 13 heavy (non-hydrogen) atoms. The maximum atomic E-state index is 12.4. The van der Waals surface area contributed by atoms with Gasteiger partial charge in [-0.1, -0.05) is 44.8 Å². The maximum absolute atomic E-state index is 12.4. The Hall–Kier alpha value is -0.330. The Labute approximate surface area is 82.2 Å². The molecule has 1 radical (unpaired) electrons. The SMILES string of the molecule is [CH]=CCCCCCCCCC(C)F. The molecule has 0 aromatic carbocycles. The van der Waals surface area contributed by atoms with Crippen LogP contribution in [-0.2, 0) is 0 Å². The van der Waals surface area contributed by atoms with Crippen LogP contribution in [0.1, 0.15) is 58.3 Å². The predicted octanol–water partition coefficient (Wildman–Crippen LogP) is 4.45. The van der Waals surface area contributed by atoms with Gasteiger partial charge in [0.05, 0.1) is 6.17 Å². The van der Waals surface area contributed by atoms with Crippen molar-refractivity contribution in [2.24, 2.45) is 0 Å².